The van der Waals surface area contributed by atoms with Crippen molar-refractivity contribution >= 4 is 16.7 Å². The standard InChI is InChI=1S/C11H12N4.C2H6/c1-7-3-4-8-6-14-10(11(12)13-2)5-9(8)15-7;1-2/h3-6H,1-2H3,(H2,12,13);1-2H3. The number of aryl methyl sites for hydroxylation is 1. The van der Waals surface area contributed by atoms with Gasteiger partial charge in [-0.25, -0.2) is 0 Å². The van der Waals surface area contributed by atoms with Crippen molar-refractivity contribution in [3.05, 3.63) is 35.8 Å². The molecule has 2 aromatic heterocycles. The van der Waals surface area contributed by atoms with Crippen molar-refractivity contribution in [2.75, 3.05) is 7.05 Å². The minimum atomic E-state index is 0.431. The van der Waals surface area contributed by atoms with Gasteiger partial charge in [-0.2, -0.15) is 0 Å². The third-order valence-electron chi connectivity index (χ3n) is 2.22. The Morgan fingerprint density at radius 3 is 2.65 bits per heavy atom. The van der Waals surface area contributed by atoms with Crippen LogP contribution >= 0.6 is 0 Å². The van der Waals surface area contributed by atoms with Gasteiger partial charge in [0.15, 0.2) is 0 Å². The predicted octanol–water partition coefficient (Wildman–Crippen LogP) is 2.30. The molecular weight excluding hydrogens is 212 g/mol. The Morgan fingerprint density at radius 2 is 2.00 bits per heavy atom. The number of fused-ring (bicyclic) bond motifs is 1. The topological polar surface area (TPSA) is 64.2 Å². The van der Waals surface area contributed by atoms with Crippen LogP contribution in [0.4, 0.5) is 0 Å². The van der Waals surface area contributed by atoms with Crippen molar-refractivity contribution in [3.8, 4) is 0 Å². The van der Waals surface area contributed by atoms with Crippen LogP contribution in [0.5, 0.6) is 0 Å². The molecule has 2 rings (SSSR count). The van der Waals surface area contributed by atoms with E-state index in [9.17, 15) is 0 Å². The second-order valence-electron chi connectivity index (χ2n) is 3.32. The van der Waals surface area contributed by atoms with Crippen LogP contribution in [-0.4, -0.2) is 22.9 Å². The lowest BCUT2D eigenvalue weighted by Crippen LogP contribution is -2.14. The maximum absolute atomic E-state index is 5.68. The average molecular weight is 230 g/mol. The molecule has 0 aliphatic heterocycles. The van der Waals surface area contributed by atoms with E-state index in [4.69, 9.17) is 5.73 Å². The molecule has 0 atom stereocenters. The number of nitrogens with zero attached hydrogens (tertiary/aromatic N) is 3. The molecule has 2 aromatic rings. The van der Waals surface area contributed by atoms with Gasteiger partial charge < -0.3 is 5.73 Å². The maximum Gasteiger partial charge on any atom is 0.144 e. The lowest BCUT2D eigenvalue weighted by Gasteiger charge is -2.01. The third kappa shape index (κ3) is 3.00. The molecule has 0 saturated heterocycles. The van der Waals surface area contributed by atoms with E-state index in [1.807, 2.05) is 39.0 Å². The predicted molar refractivity (Wildman–Crippen MR) is 72.3 cm³/mol. The molecule has 0 aliphatic rings. The van der Waals surface area contributed by atoms with E-state index in [2.05, 4.69) is 15.0 Å². The minimum absolute atomic E-state index is 0.431. The van der Waals surface area contributed by atoms with Crippen molar-refractivity contribution in [1.82, 2.24) is 9.97 Å². The molecule has 4 nitrogen and oxygen atoms in total. The second-order valence-corrected chi connectivity index (χ2v) is 3.32. The molecule has 2 heterocycles. The highest BCUT2D eigenvalue weighted by Gasteiger charge is 2.02. The molecule has 0 bridgehead atoms. The largest absolute Gasteiger partial charge is 0.382 e. The summed E-state index contributed by atoms with van der Waals surface area (Å²) in [6, 6.07) is 5.80. The van der Waals surface area contributed by atoms with Gasteiger partial charge in [-0.1, -0.05) is 13.8 Å². The lowest BCUT2D eigenvalue weighted by molar-refractivity contribution is 1.22. The zero-order valence-electron chi connectivity index (χ0n) is 10.7. The minimum Gasteiger partial charge on any atom is -0.382 e. The van der Waals surface area contributed by atoms with Crippen LogP contribution in [0.15, 0.2) is 29.4 Å². The number of pyridine rings is 2. The molecule has 2 N–H and O–H groups in total. The van der Waals surface area contributed by atoms with Crippen LogP contribution < -0.4 is 5.73 Å². The summed E-state index contributed by atoms with van der Waals surface area (Å²) in [7, 11) is 1.64. The quantitative estimate of drug-likeness (QED) is 0.604. The average Bonchev–Trinajstić information content (AvgIpc) is 2.39. The van der Waals surface area contributed by atoms with Gasteiger partial charge in [-0.3, -0.25) is 15.0 Å². The first-order chi connectivity index (χ1) is 8.20. The van der Waals surface area contributed by atoms with E-state index in [-0.39, 0.29) is 0 Å². The molecule has 17 heavy (non-hydrogen) atoms. The SMILES string of the molecule is CC.CN=C(N)c1cc2nc(C)ccc2cn1. The number of aromatic nitrogens is 2. The van der Waals surface area contributed by atoms with Gasteiger partial charge >= 0.3 is 0 Å². The molecule has 0 radical (unpaired) electrons. The highest BCUT2D eigenvalue weighted by molar-refractivity contribution is 5.98. The van der Waals surface area contributed by atoms with Crippen LogP contribution in [0.1, 0.15) is 25.2 Å². The first-order valence-electron chi connectivity index (χ1n) is 5.67. The van der Waals surface area contributed by atoms with Crippen LogP contribution in [0, 0.1) is 6.92 Å². The van der Waals surface area contributed by atoms with Crippen molar-refractivity contribution < 1.29 is 0 Å². The molecule has 90 valence electrons. The van der Waals surface area contributed by atoms with Crippen LogP contribution in [-0.2, 0) is 0 Å². The van der Waals surface area contributed by atoms with E-state index in [1.165, 1.54) is 0 Å². The monoisotopic (exact) mass is 230 g/mol. The third-order valence-corrected chi connectivity index (χ3v) is 2.22. The summed E-state index contributed by atoms with van der Waals surface area (Å²) in [5.74, 6) is 0.431. The maximum atomic E-state index is 5.68. The number of hydrogen-bond donors (Lipinski definition) is 1. The van der Waals surface area contributed by atoms with Gasteiger partial charge in [-0.15, -0.1) is 0 Å². The molecule has 0 amide bonds. The van der Waals surface area contributed by atoms with Gasteiger partial charge in [-0.05, 0) is 25.1 Å². The highest BCUT2D eigenvalue weighted by Crippen LogP contribution is 2.12. The summed E-state index contributed by atoms with van der Waals surface area (Å²) < 4.78 is 0. The molecule has 0 unspecified atom stereocenters. The summed E-state index contributed by atoms with van der Waals surface area (Å²) in [5, 5.41) is 1.01. The van der Waals surface area contributed by atoms with E-state index < -0.39 is 0 Å². The van der Waals surface area contributed by atoms with Gasteiger partial charge in [0, 0.05) is 24.3 Å². The number of hydrogen-bond acceptors (Lipinski definition) is 3. The van der Waals surface area contributed by atoms with Crippen molar-refractivity contribution in [3.63, 3.8) is 0 Å². The fraction of sp³-hybridized carbons (Fsp3) is 0.308. The van der Waals surface area contributed by atoms with Gasteiger partial charge in [0.05, 0.1) is 5.52 Å². The number of aliphatic imine (C=N–C) groups is 1. The van der Waals surface area contributed by atoms with Crippen molar-refractivity contribution in [2.45, 2.75) is 20.8 Å². The van der Waals surface area contributed by atoms with Gasteiger partial charge in [0.2, 0.25) is 0 Å². The zero-order valence-corrected chi connectivity index (χ0v) is 10.7. The van der Waals surface area contributed by atoms with E-state index in [1.54, 1.807) is 13.2 Å². The summed E-state index contributed by atoms with van der Waals surface area (Å²) in [6.45, 7) is 5.96. The van der Waals surface area contributed by atoms with Gasteiger partial charge in [0.1, 0.15) is 11.5 Å². The Balaban J connectivity index is 0.000000686. The molecule has 4 heteroatoms. The Kier molecular flexibility index (Phi) is 4.57. The summed E-state index contributed by atoms with van der Waals surface area (Å²) >= 11 is 0. The van der Waals surface area contributed by atoms with E-state index in [0.29, 0.717) is 11.5 Å². The Labute approximate surface area is 102 Å². The molecule has 0 spiro atoms. The molecular formula is C13H18N4. The fourth-order valence-electron chi connectivity index (χ4n) is 1.37. The smallest absolute Gasteiger partial charge is 0.144 e. The summed E-state index contributed by atoms with van der Waals surface area (Å²) in [6.07, 6.45) is 1.76. The van der Waals surface area contributed by atoms with Crippen molar-refractivity contribution in [1.29, 1.82) is 0 Å². The van der Waals surface area contributed by atoms with Crippen molar-refractivity contribution in [2.24, 2.45) is 10.7 Å². The second kappa shape index (κ2) is 5.94. The highest BCUT2D eigenvalue weighted by atomic mass is 14.9. The number of rotatable bonds is 1. The first-order valence-corrected chi connectivity index (χ1v) is 5.67. The van der Waals surface area contributed by atoms with E-state index >= 15 is 0 Å². The zero-order chi connectivity index (χ0) is 12.8. The molecule has 0 fully saturated rings. The summed E-state index contributed by atoms with van der Waals surface area (Å²) in [5.41, 5.74) is 8.23. The van der Waals surface area contributed by atoms with E-state index in [0.717, 1.165) is 16.6 Å². The first kappa shape index (κ1) is 13.1. The molecule has 0 aliphatic carbocycles. The lowest BCUT2D eigenvalue weighted by atomic mass is 10.2. The van der Waals surface area contributed by atoms with Crippen LogP contribution in [0.2, 0.25) is 0 Å². The fourth-order valence-corrected chi connectivity index (χ4v) is 1.37. The number of amidine groups is 1. The normalized spacial score (nSPS) is 10.9. The Bertz CT molecular complexity index is 532. The molecule has 0 saturated carbocycles. The Morgan fingerprint density at radius 1 is 1.29 bits per heavy atom. The molecule has 0 aromatic carbocycles. The van der Waals surface area contributed by atoms with Gasteiger partial charge in [0.25, 0.3) is 0 Å². The van der Waals surface area contributed by atoms with Crippen LogP contribution in [0.25, 0.3) is 10.9 Å². The summed E-state index contributed by atoms with van der Waals surface area (Å²) in [4.78, 5) is 12.5. The van der Waals surface area contributed by atoms with Crippen LogP contribution in [0.3, 0.4) is 0 Å². The Hall–Kier alpha value is -1.97. The number of nitrogens with two attached hydrogens (primary N) is 1.